The van der Waals surface area contributed by atoms with Gasteiger partial charge in [-0.1, -0.05) is 23.2 Å². The Balaban J connectivity index is 1.70. The highest BCUT2D eigenvalue weighted by Crippen LogP contribution is 2.24. The predicted octanol–water partition coefficient (Wildman–Crippen LogP) is 4.65. The van der Waals surface area contributed by atoms with Gasteiger partial charge in [0.2, 0.25) is 5.91 Å². The smallest absolute Gasteiger partial charge is 0.246 e. The van der Waals surface area contributed by atoms with Gasteiger partial charge in [0.1, 0.15) is 0 Å². The quantitative estimate of drug-likeness (QED) is 0.730. The van der Waals surface area contributed by atoms with E-state index in [0.717, 1.165) is 18.5 Å². The molecule has 3 rings (SSSR count). The van der Waals surface area contributed by atoms with E-state index in [-0.39, 0.29) is 5.91 Å². The topological polar surface area (TPSA) is 20.3 Å². The molecule has 0 spiro atoms. The average molecular weight is 338 g/mol. The summed E-state index contributed by atoms with van der Waals surface area (Å²) < 4.78 is 0. The van der Waals surface area contributed by atoms with Crippen LogP contribution in [-0.2, 0) is 17.8 Å². The Morgan fingerprint density at radius 3 is 2.76 bits per heavy atom. The van der Waals surface area contributed by atoms with Crippen LogP contribution in [0.15, 0.2) is 35.7 Å². The normalized spacial score (nSPS) is 14.5. The first kappa shape index (κ1) is 14.6. The van der Waals surface area contributed by atoms with Crippen molar-refractivity contribution in [3.63, 3.8) is 0 Å². The van der Waals surface area contributed by atoms with Crippen LogP contribution in [0.4, 0.5) is 0 Å². The summed E-state index contributed by atoms with van der Waals surface area (Å²) in [5.41, 5.74) is 2.09. The van der Waals surface area contributed by atoms with E-state index in [2.05, 4.69) is 11.4 Å². The molecular weight excluding hydrogens is 325 g/mol. The molecular formula is C16H13Cl2NOS. The highest BCUT2D eigenvalue weighted by Gasteiger charge is 2.19. The molecule has 0 bridgehead atoms. The van der Waals surface area contributed by atoms with Crippen LogP contribution >= 0.6 is 34.5 Å². The molecule has 1 aromatic carbocycles. The molecule has 108 valence electrons. The Labute approximate surface area is 137 Å². The van der Waals surface area contributed by atoms with E-state index < -0.39 is 0 Å². The van der Waals surface area contributed by atoms with Crippen molar-refractivity contribution < 1.29 is 4.79 Å². The van der Waals surface area contributed by atoms with Gasteiger partial charge in [-0.15, -0.1) is 11.3 Å². The Bertz CT molecular complexity index is 688. The van der Waals surface area contributed by atoms with Gasteiger partial charge in [0.15, 0.2) is 0 Å². The molecule has 0 fully saturated rings. The van der Waals surface area contributed by atoms with Gasteiger partial charge in [-0.3, -0.25) is 4.79 Å². The molecule has 1 aliphatic rings. The Hall–Kier alpha value is -1.29. The third-order valence-electron chi connectivity index (χ3n) is 3.42. The highest BCUT2D eigenvalue weighted by molar-refractivity contribution is 7.10. The molecule has 1 aliphatic heterocycles. The van der Waals surface area contributed by atoms with Crippen molar-refractivity contribution in [3.8, 4) is 0 Å². The molecule has 21 heavy (non-hydrogen) atoms. The summed E-state index contributed by atoms with van der Waals surface area (Å²) in [7, 11) is 0. The number of nitrogens with zero attached hydrogens (tertiary/aromatic N) is 1. The SMILES string of the molecule is O=C(C=Cc1cc(Cl)cc(Cl)c1)N1CCc2sccc2C1. The van der Waals surface area contributed by atoms with Gasteiger partial charge in [-0.05, 0) is 53.3 Å². The second-order valence-corrected chi connectivity index (χ2v) is 6.79. The van der Waals surface area contributed by atoms with Crippen LogP contribution in [0.1, 0.15) is 16.0 Å². The molecule has 0 unspecified atom stereocenters. The fourth-order valence-electron chi connectivity index (χ4n) is 2.38. The van der Waals surface area contributed by atoms with Crippen molar-refractivity contribution in [2.75, 3.05) is 6.54 Å². The van der Waals surface area contributed by atoms with Gasteiger partial charge in [-0.2, -0.15) is 0 Å². The molecule has 5 heteroatoms. The van der Waals surface area contributed by atoms with Crippen LogP contribution in [0, 0.1) is 0 Å². The monoisotopic (exact) mass is 337 g/mol. The molecule has 0 N–H and O–H groups in total. The van der Waals surface area contributed by atoms with E-state index in [1.807, 2.05) is 4.90 Å². The van der Waals surface area contributed by atoms with Crippen LogP contribution in [-0.4, -0.2) is 17.4 Å². The summed E-state index contributed by atoms with van der Waals surface area (Å²) in [4.78, 5) is 15.5. The summed E-state index contributed by atoms with van der Waals surface area (Å²) in [6.07, 6.45) is 4.28. The third-order valence-corrected chi connectivity index (χ3v) is 4.88. The lowest BCUT2D eigenvalue weighted by atomic mass is 10.1. The summed E-state index contributed by atoms with van der Waals surface area (Å²) in [5.74, 6) is 0.0166. The fourth-order valence-corrected chi connectivity index (χ4v) is 3.81. The van der Waals surface area contributed by atoms with Gasteiger partial charge < -0.3 is 4.90 Å². The average Bonchev–Trinajstić information content (AvgIpc) is 2.91. The van der Waals surface area contributed by atoms with Gasteiger partial charge >= 0.3 is 0 Å². The minimum atomic E-state index is 0.0166. The van der Waals surface area contributed by atoms with E-state index in [1.165, 1.54) is 10.4 Å². The van der Waals surface area contributed by atoms with Crippen molar-refractivity contribution in [3.05, 3.63) is 61.8 Å². The minimum Gasteiger partial charge on any atom is -0.334 e. The molecule has 0 radical (unpaired) electrons. The number of hydrogen-bond donors (Lipinski definition) is 0. The van der Waals surface area contributed by atoms with E-state index in [1.54, 1.807) is 41.7 Å². The van der Waals surface area contributed by atoms with Crippen LogP contribution < -0.4 is 0 Å². The second-order valence-electron chi connectivity index (χ2n) is 4.91. The van der Waals surface area contributed by atoms with E-state index in [4.69, 9.17) is 23.2 Å². The Morgan fingerprint density at radius 1 is 1.24 bits per heavy atom. The maximum Gasteiger partial charge on any atom is 0.246 e. The lowest BCUT2D eigenvalue weighted by molar-refractivity contribution is -0.126. The second kappa shape index (κ2) is 6.22. The predicted molar refractivity (Wildman–Crippen MR) is 88.9 cm³/mol. The maximum atomic E-state index is 12.2. The first-order chi connectivity index (χ1) is 10.1. The third kappa shape index (κ3) is 3.49. The zero-order valence-corrected chi connectivity index (χ0v) is 13.5. The molecule has 0 aliphatic carbocycles. The number of halogens is 2. The number of hydrogen-bond acceptors (Lipinski definition) is 2. The zero-order valence-electron chi connectivity index (χ0n) is 11.2. The molecule has 0 saturated carbocycles. The van der Waals surface area contributed by atoms with Crippen molar-refractivity contribution in [1.82, 2.24) is 4.90 Å². The van der Waals surface area contributed by atoms with Crippen molar-refractivity contribution >= 4 is 46.5 Å². The molecule has 0 saturated heterocycles. The number of fused-ring (bicyclic) bond motifs is 1. The van der Waals surface area contributed by atoms with Gasteiger partial charge in [0.05, 0.1) is 0 Å². The number of thiophene rings is 1. The standard InChI is InChI=1S/C16H13Cl2NOS/c17-13-7-11(8-14(18)9-13)1-2-16(20)19-5-3-15-12(10-19)4-6-21-15/h1-2,4,6-9H,3,5,10H2. The Morgan fingerprint density at radius 2 is 2.00 bits per heavy atom. The van der Waals surface area contributed by atoms with Crippen molar-refractivity contribution in [1.29, 1.82) is 0 Å². The number of benzene rings is 1. The molecule has 2 heterocycles. The van der Waals surface area contributed by atoms with Crippen LogP contribution in [0.3, 0.4) is 0 Å². The fraction of sp³-hybridized carbons (Fsp3) is 0.188. The van der Waals surface area contributed by atoms with Crippen LogP contribution in [0.25, 0.3) is 6.08 Å². The molecule has 1 aromatic heterocycles. The largest absolute Gasteiger partial charge is 0.334 e. The van der Waals surface area contributed by atoms with Crippen LogP contribution in [0.5, 0.6) is 0 Å². The zero-order chi connectivity index (χ0) is 14.8. The van der Waals surface area contributed by atoms with Gasteiger partial charge in [0, 0.05) is 34.1 Å². The summed E-state index contributed by atoms with van der Waals surface area (Å²) >= 11 is 13.7. The lowest BCUT2D eigenvalue weighted by Crippen LogP contribution is -2.34. The van der Waals surface area contributed by atoms with Gasteiger partial charge in [0.25, 0.3) is 0 Å². The summed E-state index contributed by atoms with van der Waals surface area (Å²) in [6, 6.07) is 7.33. The first-order valence-corrected chi connectivity index (χ1v) is 8.24. The number of rotatable bonds is 2. The number of carbonyl (C=O) groups excluding carboxylic acids is 1. The molecule has 1 amide bonds. The Kier molecular flexibility index (Phi) is 4.34. The highest BCUT2D eigenvalue weighted by atomic mass is 35.5. The van der Waals surface area contributed by atoms with E-state index in [9.17, 15) is 4.79 Å². The molecule has 2 aromatic rings. The number of carbonyl (C=O) groups is 1. The maximum absolute atomic E-state index is 12.2. The molecule has 0 atom stereocenters. The minimum absolute atomic E-state index is 0.0166. The first-order valence-electron chi connectivity index (χ1n) is 6.60. The summed E-state index contributed by atoms with van der Waals surface area (Å²) in [6.45, 7) is 1.46. The molecule has 2 nitrogen and oxygen atoms in total. The van der Waals surface area contributed by atoms with Gasteiger partial charge in [-0.25, -0.2) is 0 Å². The summed E-state index contributed by atoms with van der Waals surface area (Å²) in [5, 5.41) is 3.22. The van der Waals surface area contributed by atoms with E-state index >= 15 is 0 Å². The van der Waals surface area contributed by atoms with Crippen molar-refractivity contribution in [2.24, 2.45) is 0 Å². The lowest BCUT2D eigenvalue weighted by Gasteiger charge is -2.25. The van der Waals surface area contributed by atoms with E-state index in [0.29, 0.717) is 16.6 Å². The van der Waals surface area contributed by atoms with Crippen LogP contribution in [0.2, 0.25) is 10.0 Å². The number of amides is 1. The van der Waals surface area contributed by atoms with Crippen molar-refractivity contribution in [2.45, 2.75) is 13.0 Å².